The first-order chi connectivity index (χ1) is 13.2. The zero-order chi connectivity index (χ0) is 19.1. The van der Waals surface area contributed by atoms with Crippen molar-refractivity contribution in [2.24, 2.45) is 5.92 Å². The first-order valence-corrected chi connectivity index (χ1v) is 10.0. The number of hydrogen-bond acceptors (Lipinski definition) is 4. The molecule has 6 nitrogen and oxygen atoms in total. The average molecular weight is 374 g/mol. The molecule has 1 aromatic rings. The molecule has 1 aromatic carbocycles. The van der Waals surface area contributed by atoms with Gasteiger partial charge in [-0.1, -0.05) is 24.3 Å². The molecule has 6 heteroatoms. The molecule has 0 bridgehead atoms. The van der Waals surface area contributed by atoms with Crippen molar-refractivity contribution in [3.05, 3.63) is 35.4 Å². The Morgan fingerprint density at radius 1 is 1.15 bits per heavy atom. The number of carbonyl (C=O) groups excluding carboxylic acids is 2. The second kappa shape index (κ2) is 9.85. The maximum absolute atomic E-state index is 12.6. The maximum atomic E-state index is 12.6. The molecule has 0 radical (unpaired) electrons. The van der Waals surface area contributed by atoms with Crippen molar-refractivity contribution in [2.45, 2.75) is 51.8 Å². The molecule has 3 rings (SSSR count). The topological polar surface area (TPSA) is 67.9 Å². The van der Waals surface area contributed by atoms with Gasteiger partial charge in [0.25, 0.3) is 0 Å². The fraction of sp³-hybridized carbons (Fsp3) is 0.619. The lowest BCUT2D eigenvalue weighted by molar-refractivity contribution is -0.139. The summed E-state index contributed by atoms with van der Waals surface area (Å²) in [4.78, 5) is 26.7. The predicted molar refractivity (Wildman–Crippen MR) is 102 cm³/mol. The van der Waals surface area contributed by atoms with Crippen LogP contribution in [0, 0.1) is 5.92 Å². The summed E-state index contributed by atoms with van der Waals surface area (Å²) in [6.45, 7) is 5.54. The largest absolute Gasteiger partial charge is 0.379 e. The van der Waals surface area contributed by atoms with Crippen LogP contribution in [0.15, 0.2) is 24.3 Å². The van der Waals surface area contributed by atoms with Gasteiger partial charge in [-0.15, -0.1) is 0 Å². The minimum atomic E-state index is -0.303. The molecule has 0 aromatic heterocycles. The number of benzene rings is 1. The van der Waals surface area contributed by atoms with Gasteiger partial charge < -0.3 is 19.7 Å². The summed E-state index contributed by atoms with van der Waals surface area (Å²) in [6.07, 6.45) is 3.62. The number of ether oxygens (including phenoxy) is 2. The van der Waals surface area contributed by atoms with E-state index in [2.05, 4.69) is 5.32 Å². The molecule has 2 fully saturated rings. The van der Waals surface area contributed by atoms with Crippen LogP contribution < -0.4 is 5.32 Å². The molecule has 27 heavy (non-hydrogen) atoms. The molecular weight excluding hydrogens is 344 g/mol. The van der Waals surface area contributed by atoms with Crippen molar-refractivity contribution in [1.82, 2.24) is 10.2 Å². The molecule has 148 valence electrons. The summed E-state index contributed by atoms with van der Waals surface area (Å²) in [5.41, 5.74) is 2.11. The molecule has 1 N–H and O–H groups in total. The van der Waals surface area contributed by atoms with Crippen molar-refractivity contribution in [3.8, 4) is 0 Å². The smallest absolute Gasteiger partial charge is 0.243 e. The highest BCUT2D eigenvalue weighted by Crippen LogP contribution is 2.33. The summed E-state index contributed by atoms with van der Waals surface area (Å²) in [6, 6.07) is 7.72. The van der Waals surface area contributed by atoms with Crippen molar-refractivity contribution in [1.29, 1.82) is 0 Å². The Morgan fingerprint density at radius 2 is 1.93 bits per heavy atom. The zero-order valence-electron chi connectivity index (χ0n) is 16.1. The first kappa shape index (κ1) is 19.8. The summed E-state index contributed by atoms with van der Waals surface area (Å²) >= 11 is 0. The Morgan fingerprint density at radius 3 is 2.70 bits per heavy atom. The highest BCUT2D eigenvalue weighted by molar-refractivity contribution is 5.89. The standard InChI is InChI=1S/C21H30N2O4/c1-2-26-11-12-27-15-17-6-3-5-16(13-17)14-22-20(24)19-7-4-10-23(19)21(25)18-8-9-18/h3,5-6,13,18-19H,2,4,7-12,14-15H2,1H3,(H,22,24). The number of likely N-dealkylation sites (tertiary alicyclic amines) is 1. The number of rotatable bonds is 10. The van der Waals surface area contributed by atoms with Crippen molar-refractivity contribution in [2.75, 3.05) is 26.4 Å². The summed E-state index contributed by atoms with van der Waals surface area (Å²) < 4.78 is 10.8. The molecule has 1 saturated heterocycles. The Balaban J connectivity index is 1.45. The molecule has 1 atom stereocenters. The fourth-order valence-corrected chi connectivity index (χ4v) is 3.46. The minimum Gasteiger partial charge on any atom is -0.379 e. The Kier molecular flexibility index (Phi) is 7.24. The second-order valence-corrected chi connectivity index (χ2v) is 7.25. The number of amides is 2. The number of carbonyl (C=O) groups is 2. The number of nitrogens with one attached hydrogen (secondary N) is 1. The van der Waals surface area contributed by atoms with E-state index in [4.69, 9.17) is 9.47 Å². The van der Waals surface area contributed by atoms with Crippen LogP contribution in [0.25, 0.3) is 0 Å². The first-order valence-electron chi connectivity index (χ1n) is 10.0. The quantitative estimate of drug-likeness (QED) is 0.638. The molecule has 2 amide bonds. The normalized spacial score (nSPS) is 19.3. The third-order valence-electron chi connectivity index (χ3n) is 5.07. The third-order valence-corrected chi connectivity index (χ3v) is 5.07. The van der Waals surface area contributed by atoms with E-state index in [-0.39, 0.29) is 23.8 Å². The Labute approximate surface area is 161 Å². The van der Waals surface area contributed by atoms with Crippen molar-refractivity contribution in [3.63, 3.8) is 0 Å². The van der Waals surface area contributed by atoms with Gasteiger partial charge in [-0.05, 0) is 43.7 Å². The van der Waals surface area contributed by atoms with E-state index >= 15 is 0 Å². The van der Waals surface area contributed by atoms with Gasteiger partial charge in [0.1, 0.15) is 6.04 Å². The molecular formula is C21H30N2O4. The van der Waals surface area contributed by atoms with Gasteiger partial charge in [0.2, 0.25) is 11.8 Å². The number of nitrogens with zero attached hydrogens (tertiary/aromatic N) is 1. The van der Waals surface area contributed by atoms with E-state index < -0.39 is 0 Å². The Bertz CT molecular complexity index is 645. The summed E-state index contributed by atoms with van der Waals surface area (Å²) in [5.74, 6) is 0.288. The highest BCUT2D eigenvalue weighted by Gasteiger charge is 2.40. The lowest BCUT2D eigenvalue weighted by Gasteiger charge is -2.24. The highest BCUT2D eigenvalue weighted by atomic mass is 16.5. The SMILES string of the molecule is CCOCCOCc1cccc(CNC(=O)C2CCCN2C(=O)C2CC2)c1. The monoisotopic (exact) mass is 374 g/mol. The van der Waals surface area contributed by atoms with Gasteiger partial charge in [-0.3, -0.25) is 9.59 Å². The molecule has 1 saturated carbocycles. The van der Waals surface area contributed by atoms with Crippen LogP contribution in [-0.4, -0.2) is 49.1 Å². The maximum Gasteiger partial charge on any atom is 0.243 e. The molecule has 1 unspecified atom stereocenters. The van der Waals surface area contributed by atoms with Crippen LogP contribution in [0.1, 0.15) is 43.7 Å². The van der Waals surface area contributed by atoms with Gasteiger partial charge in [0.05, 0.1) is 19.8 Å². The van der Waals surface area contributed by atoms with Gasteiger partial charge in [-0.25, -0.2) is 0 Å². The van der Waals surface area contributed by atoms with Crippen LogP contribution in [0.4, 0.5) is 0 Å². The van der Waals surface area contributed by atoms with Gasteiger partial charge in [-0.2, -0.15) is 0 Å². The van der Waals surface area contributed by atoms with Crippen LogP contribution in [0.5, 0.6) is 0 Å². The average Bonchev–Trinajstić information content (AvgIpc) is 3.42. The number of hydrogen-bond donors (Lipinski definition) is 1. The molecule has 1 aliphatic carbocycles. The van der Waals surface area contributed by atoms with Crippen LogP contribution in [0.3, 0.4) is 0 Å². The Hall–Kier alpha value is -1.92. The second-order valence-electron chi connectivity index (χ2n) is 7.25. The zero-order valence-corrected chi connectivity index (χ0v) is 16.1. The third kappa shape index (κ3) is 5.78. The fourth-order valence-electron chi connectivity index (χ4n) is 3.46. The van der Waals surface area contributed by atoms with E-state index in [1.165, 1.54) is 0 Å². The van der Waals surface area contributed by atoms with Crippen molar-refractivity contribution < 1.29 is 19.1 Å². The lowest BCUT2D eigenvalue weighted by atomic mass is 10.1. The van der Waals surface area contributed by atoms with Gasteiger partial charge in [0, 0.05) is 25.6 Å². The minimum absolute atomic E-state index is 0.0418. The molecule has 1 aliphatic heterocycles. The molecule has 1 heterocycles. The van der Waals surface area contributed by atoms with E-state index in [0.717, 1.165) is 36.8 Å². The van der Waals surface area contributed by atoms with Crippen molar-refractivity contribution >= 4 is 11.8 Å². The van der Waals surface area contributed by atoms with Gasteiger partial charge in [0.15, 0.2) is 0 Å². The van der Waals surface area contributed by atoms with E-state index in [0.29, 0.717) is 39.5 Å². The van der Waals surface area contributed by atoms with Crippen LogP contribution in [-0.2, 0) is 32.2 Å². The van der Waals surface area contributed by atoms with Crippen LogP contribution in [0.2, 0.25) is 0 Å². The summed E-state index contributed by atoms with van der Waals surface area (Å²) in [5, 5.41) is 3.00. The van der Waals surface area contributed by atoms with Crippen LogP contribution >= 0.6 is 0 Å². The van der Waals surface area contributed by atoms with Gasteiger partial charge >= 0.3 is 0 Å². The van der Waals surface area contributed by atoms with E-state index in [9.17, 15) is 9.59 Å². The molecule has 0 spiro atoms. The molecule has 2 aliphatic rings. The lowest BCUT2D eigenvalue weighted by Crippen LogP contribution is -2.46. The summed E-state index contributed by atoms with van der Waals surface area (Å²) in [7, 11) is 0. The van der Waals surface area contributed by atoms with E-state index in [1.807, 2.05) is 31.2 Å². The predicted octanol–water partition coefficient (Wildman–Crippen LogP) is 2.26. The van der Waals surface area contributed by atoms with E-state index in [1.54, 1.807) is 4.90 Å².